The SMILES string of the molecule is CCC1CCCCN1C(CN)c1cc(F)ccc1F. The Kier molecular flexibility index (Phi) is 4.88. The topological polar surface area (TPSA) is 29.3 Å². The van der Waals surface area contributed by atoms with E-state index in [1.54, 1.807) is 0 Å². The van der Waals surface area contributed by atoms with Crippen LogP contribution in [0.3, 0.4) is 0 Å². The highest BCUT2D eigenvalue weighted by Crippen LogP contribution is 2.31. The molecule has 1 heterocycles. The van der Waals surface area contributed by atoms with Crippen LogP contribution in [0.1, 0.15) is 44.2 Å². The highest BCUT2D eigenvalue weighted by atomic mass is 19.1. The van der Waals surface area contributed by atoms with Crippen molar-refractivity contribution >= 4 is 0 Å². The second-order valence-electron chi connectivity index (χ2n) is 5.21. The van der Waals surface area contributed by atoms with E-state index < -0.39 is 5.82 Å². The zero-order valence-corrected chi connectivity index (χ0v) is 11.4. The normalized spacial score (nSPS) is 22.4. The molecule has 4 heteroatoms. The number of nitrogens with two attached hydrogens (primary N) is 1. The van der Waals surface area contributed by atoms with Gasteiger partial charge in [0, 0.05) is 18.2 Å². The molecular formula is C15H22F2N2. The fraction of sp³-hybridized carbons (Fsp3) is 0.600. The lowest BCUT2D eigenvalue weighted by molar-refractivity contribution is 0.0928. The predicted octanol–water partition coefficient (Wildman–Crippen LogP) is 3.23. The molecule has 2 unspecified atom stereocenters. The Morgan fingerprint density at radius 1 is 1.37 bits per heavy atom. The molecule has 0 radical (unpaired) electrons. The summed E-state index contributed by atoms with van der Waals surface area (Å²) in [7, 11) is 0. The first-order chi connectivity index (χ1) is 9.17. The van der Waals surface area contributed by atoms with Crippen molar-refractivity contribution in [3.8, 4) is 0 Å². The van der Waals surface area contributed by atoms with Gasteiger partial charge in [0.15, 0.2) is 0 Å². The van der Waals surface area contributed by atoms with Crippen molar-refractivity contribution in [2.45, 2.75) is 44.7 Å². The van der Waals surface area contributed by atoms with Crippen LogP contribution < -0.4 is 5.73 Å². The molecule has 1 aliphatic heterocycles. The zero-order chi connectivity index (χ0) is 13.8. The number of hydrogen-bond acceptors (Lipinski definition) is 2. The van der Waals surface area contributed by atoms with Crippen molar-refractivity contribution in [3.05, 3.63) is 35.4 Å². The summed E-state index contributed by atoms with van der Waals surface area (Å²) in [5.74, 6) is -0.766. The Morgan fingerprint density at radius 3 is 2.84 bits per heavy atom. The molecular weight excluding hydrogens is 246 g/mol. The third kappa shape index (κ3) is 3.12. The van der Waals surface area contributed by atoms with Gasteiger partial charge in [0.2, 0.25) is 0 Å². The van der Waals surface area contributed by atoms with Crippen molar-refractivity contribution < 1.29 is 8.78 Å². The second-order valence-corrected chi connectivity index (χ2v) is 5.21. The smallest absolute Gasteiger partial charge is 0.128 e. The van der Waals surface area contributed by atoms with Gasteiger partial charge in [-0.05, 0) is 44.0 Å². The summed E-state index contributed by atoms with van der Waals surface area (Å²) in [6.45, 7) is 3.37. The van der Waals surface area contributed by atoms with E-state index in [4.69, 9.17) is 5.73 Å². The average Bonchev–Trinajstić information content (AvgIpc) is 2.44. The number of hydrogen-bond donors (Lipinski definition) is 1. The van der Waals surface area contributed by atoms with E-state index in [0.29, 0.717) is 18.2 Å². The first-order valence-corrected chi connectivity index (χ1v) is 7.08. The summed E-state index contributed by atoms with van der Waals surface area (Å²) in [6, 6.07) is 3.83. The van der Waals surface area contributed by atoms with E-state index in [0.717, 1.165) is 31.9 Å². The third-order valence-corrected chi connectivity index (χ3v) is 4.08. The molecule has 0 spiro atoms. The van der Waals surface area contributed by atoms with Crippen molar-refractivity contribution in [1.29, 1.82) is 0 Å². The van der Waals surface area contributed by atoms with Crippen LogP contribution in [0.4, 0.5) is 8.78 Å². The van der Waals surface area contributed by atoms with Crippen LogP contribution in [0.25, 0.3) is 0 Å². The molecule has 1 saturated heterocycles. The van der Waals surface area contributed by atoms with Crippen molar-refractivity contribution in [3.63, 3.8) is 0 Å². The molecule has 2 rings (SSSR count). The Bertz CT molecular complexity index is 423. The summed E-state index contributed by atoms with van der Waals surface area (Å²) in [6.07, 6.45) is 4.44. The first kappa shape index (κ1) is 14.4. The van der Waals surface area contributed by atoms with Crippen molar-refractivity contribution in [1.82, 2.24) is 4.90 Å². The lowest BCUT2D eigenvalue weighted by atomic mass is 9.94. The van der Waals surface area contributed by atoms with Crippen LogP contribution in [-0.2, 0) is 0 Å². The molecule has 1 aliphatic rings. The number of piperidine rings is 1. The van der Waals surface area contributed by atoms with Crippen molar-refractivity contribution in [2.24, 2.45) is 5.73 Å². The van der Waals surface area contributed by atoms with E-state index in [1.165, 1.54) is 18.6 Å². The van der Waals surface area contributed by atoms with Crippen LogP contribution in [-0.4, -0.2) is 24.0 Å². The summed E-state index contributed by atoms with van der Waals surface area (Å²) >= 11 is 0. The van der Waals surface area contributed by atoms with Gasteiger partial charge in [0.05, 0.1) is 6.04 Å². The molecule has 0 amide bonds. The van der Waals surface area contributed by atoms with Gasteiger partial charge in [-0.1, -0.05) is 13.3 Å². The quantitative estimate of drug-likeness (QED) is 0.908. The highest BCUT2D eigenvalue weighted by molar-refractivity contribution is 5.23. The fourth-order valence-electron chi connectivity index (χ4n) is 3.08. The number of halogens is 2. The molecule has 19 heavy (non-hydrogen) atoms. The van der Waals surface area contributed by atoms with Crippen LogP contribution >= 0.6 is 0 Å². The monoisotopic (exact) mass is 268 g/mol. The summed E-state index contributed by atoms with van der Waals surface area (Å²) in [5, 5.41) is 0. The van der Waals surface area contributed by atoms with Crippen LogP contribution in [0.15, 0.2) is 18.2 Å². The van der Waals surface area contributed by atoms with Gasteiger partial charge in [0.1, 0.15) is 11.6 Å². The minimum atomic E-state index is -0.403. The molecule has 1 aromatic rings. The maximum atomic E-state index is 13.9. The van der Waals surface area contributed by atoms with Gasteiger partial charge in [-0.2, -0.15) is 0 Å². The molecule has 0 aromatic heterocycles. The second kappa shape index (κ2) is 6.44. The lowest BCUT2D eigenvalue weighted by Gasteiger charge is -2.41. The lowest BCUT2D eigenvalue weighted by Crippen LogP contribution is -2.44. The van der Waals surface area contributed by atoms with Crippen LogP contribution in [0.2, 0.25) is 0 Å². The molecule has 0 aliphatic carbocycles. The van der Waals surface area contributed by atoms with Gasteiger partial charge in [-0.3, -0.25) is 4.90 Å². The summed E-state index contributed by atoms with van der Waals surface area (Å²) in [4.78, 5) is 2.25. The molecule has 106 valence electrons. The number of benzene rings is 1. The fourth-order valence-corrected chi connectivity index (χ4v) is 3.08. The molecule has 2 N–H and O–H groups in total. The van der Waals surface area contributed by atoms with Crippen molar-refractivity contribution in [2.75, 3.05) is 13.1 Å². The highest BCUT2D eigenvalue weighted by Gasteiger charge is 2.29. The summed E-state index contributed by atoms with van der Waals surface area (Å²) in [5.41, 5.74) is 6.23. The molecule has 0 bridgehead atoms. The van der Waals surface area contributed by atoms with E-state index in [9.17, 15) is 8.78 Å². The molecule has 2 atom stereocenters. The Hall–Kier alpha value is -1.00. The average molecular weight is 268 g/mol. The summed E-state index contributed by atoms with van der Waals surface area (Å²) < 4.78 is 27.3. The zero-order valence-electron chi connectivity index (χ0n) is 11.4. The van der Waals surface area contributed by atoms with Gasteiger partial charge in [-0.15, -0.1) is 0 Å². The predicted molar refractivity (Wildman–Crippen MR) is 72.8 cm³/mol. The maximum absolute atomic E-state index is 13.9. The molecule has 2 nitrogen and oxygen atoms in total. The number of likely N-dealkylation sites (tertiary alicyclic amines) is 1. The van der Waals surface area contributed by atoms with E-state index in [-0.39, 0.29) is 11.9 Å². The largest absolute Gasteiger partial charge is 0.329 e. The first-order valence-electron chi connectivity index (χ1n) is 7.08. The minimum absolute atomic E-state index is 0.221. The Labute approximate surface area is 113 Å². The Morgan fingerprint density at radius 2 is 2.16 bits per heavy atom. The minimum Gasteiger partial charge on any atom is -0.329 e. The van der Waals surface area contributed by atoms with Crippen LogP contribution in [0, 0.1) is 11.6 Å². The third-order valence-electron chi connectivity index (χ3n) is 4.08. The molecule has 1 aromatic carbocycles. The maximum Gasteiger partial charge on any atom is 0.128 e. The van der Waals surface area contributed by atoms with Gasteiger partial charge in [-0.25, -0.2) is 8.78 Å². The van der Waals surface area contributed by atoms with Crippen LogP contribution in [0.5, 0.6) is 0 Å². The Balaban J connectivity index is 2.29. The van der Waals surface area contributed by atoms with Gasteiger partial charge < -0.3 is 5.73 Å². The van der Waals surface area contributed by atoms with E-state index in [1.807, 2.05) is 0 Å². The van der Waals surface area contributed by atoms with Gasteiger partial charge in [0.25, 0.3) is 0 Å². The molecule has 0 saturated carbocycles. The van der Waals surface area contributed by atoms with Gasteiger partial charge >= 0.3 is 0 Å². The number of rotatable bonds is 4. The van der Waals surface area contributed by atoms with E-state index in [2.05, 4.69) is 11.8 Å². The standard InChI is InChI=1S/C15H22F2N2/c1-2-12-5-3-4-8-19(12)15(10-18)13-9-11(16)6-7-14(13)17/h6-7,9,12,15H,2-5,8,10,18H2,1H3. The molecule has 1 fully saturated rings. The number of nitrogens with zero attached hydrogens (tertiary/aromatic N) is 1. The van der Waals surface area contributed by atoms with E-state index >= 15 is 0 Å².